The Morgan fingerprint density at radius 2 is 2.08 bits per heavy atom. The van der Waals surface area contributed by atoms with Crippen molar-refractivity contribution < 1.29 is 9.32 Å². The number of likely N-dealkylation sites (N-methyl/N-ethyl adjacent to an activating group) is 1. The van der Waals surface area contributed by atoms with Gasteiger partial charge in [-0.2, -0.15) is 10.1 Å². The maximum atomic E-state index is 12.6. The molecule has 0 aromatic carbocycles. The molecular weight excluding hydrogens is 344 g/mol. The highest BCUT2D eigenvalue weighted by molar-refractivity contribution is 5.85. The Morgan fingerprint density at radius 1 is 1.36 bits per heavy atom. The first kappa shape index (κ1) is 19.4. The fourth-order valence-corrected chi connectivity index (χ4v) is 3.29. The average molecular weight is 369 g/mol. The van der Waals surface area contributed by atoms with Gasteiger partial charge in [0.1, 0.15) is 6.04 Å². The number of hydrogen-bond acceptors (Lipinski definition) is 6. The minimum absolute atomic E-state index is 0. The molecule has 1 unspecified atom stereocenters. The van der Waals surface area contributed by atoms with Gasteiger partial charge in [-0.25, -0.2) is 0 Å². The molecule has 0 bridgehead atoms. The Balaban J connectivity index is 0.00000225. The van der Waals surface area contributed by atoms with Crippen molar-refractivity contribution in [2.24, 2.45) is 7.05 Å². The number of rotatable bonds is 5. The summed E-state index contributed by atoms with van der Waals surface area (Å²) in [5.74, 6) is 1.69. The summed E-state index contributed by atoms with van der Waals surface area (Å²) in [5, 5.41) is 14.2. The molecule has 2 N–H and O–H groups in total. The molecular formula is C16H25ClN6O2. The van der Waals surface area contributed by atoms with E-state index in [-0.39, 0.29) is 30.4 Å². The number of halogens is 1. The predicted molar refractivity (Wildman–Crippen MR) is 94.4 cm³/mol. The van der Waals surface area contributed by atoms with E-state index in [0.717, 1.165) is 37.1 Å². The smallest absolute Gasteiger partial charge is 0.242 e. The molecule has 0 aliphatic heterocycles. The minimum Gasteiger partial charge on any atom is -0.352 e. The van der Waals surface area contributed by atoms with Crippen LogP contribution in [0.4, 0.5) is 0 Å². The highest BCUT2D eigenvalue weighted by atomic mass is 35.5. The molecule has 0 spiro atoms. The Morgan fingerprint density at radius 3 is 2.60 bits per heavy atom. The third-order valence-electron chi connectivity index (χ3n) is 4.58. The number of aryl methyl sites for hydroxylation is 2. The number of amides is 1. The summed E-state index contributed by atoms with van der Waals surface area (Å²) in [4.78, 5) is 16.9. The van der Waals surface area contributed by atoms with Crippen molar-refractivity contribution >= 4 is 18.3 Å². The molecule has 1 saturated carbocycles. The Labute approximate surface area is 153 Å². The molecule has 0 radical (unpaired) electrons. The summed E-state index contributed by atoms with van der Waals surface area (Å²) in [5.41, 5.74) is 0.868. The largest absolute Gasteiger partial charge is 0.352 e. The molecule has 2 aromatic rings. The van der Waals surface area contributed by atoms with Gasteiger partial charge in [-0.05, 0) is 39.7 Å². The van der Waals surface area contributed by atoms with E-state index < -0.39 is 0 Å². The normalized spacial score (nSPS) is 21.4. The first-order valence-corrected chi connectivity index (χ1v) is 8.33. The quantitative estimate of drug-likeness (QED) is 0.832. The van der Waals surface area contributed by atoms with E-state index in [4.69, 9.17) is 4.52 Å². The molecule has 1 fully saturated rings. The third kappa shape index (κ3) is 4.58. The summed E-state index contributed by atoms with van der Waals surface area (Å²) in [6.45, 7) is 1.83. The summed E-state index contributed by atoms with van der Waals surface area (Å²) in [6, 6.07) is -0.194. The van der Waals surface area contributed by atoms with Gasteiger partial charge in [-0.15, -0.1) is 12.4 Å². The molecule has 2 heterocycles. The van der Waals surface area contributed by atoms with Crippen molar-refractivity contribution in [2.75, 3.05) is 7.05 Å². The Kier molecular flexibility index (Phi) is 6.55. The molecule has 3 rings (SSSR count). The summed E-state index contributed by atoms with van der Waals surface area (Å²) >= 11 is 0. The standard InChI is InChI=1S/C16H24N6O2.ClH/c1-10-19-16(24-21-10)11-4-6-13(7-5-11)20-15(23)14(17-2)12-8-18-22(3)9-12;/h8-9,11,13-14,17H,4-7H2,1-3H3,(H,20,23);1H. The van der Waals surface area contributed by atoms with Crippen LogP contribution in [0.1, 0.15) is 54.9 Å². The van der Waals surface area contributed by atoms with Crippen LogP contribution in [-0.2, 0) is 11.8 Å². The molecule has 0 saturated heterocycles. The second-order valence-corrected chi connectivity index (χ2v) is 6.41. The van der Waals surface area contributed by atoms with Crippen molar-refractivity contribution in [1.82, 2.24) is 30.6 Å². The first-order valence-electron chi connectivity index (χ1n) is 8.33. The van der Waals surface area contributed by atoms with Crippen LogP contribution in [0.2, 0.25) is 0 Å². The maximum absolute atomic E-state index is 12.6. The molecule has 8 nitrogen and oxygen atoms in total. The average Bonchev–Trinajstić information content (AvgIpc) is 3.18. The number of carbonyl (C=O) groups excluding carboxylic acids is 1. The van der Waals surface area contributed by atoms with Crippen LogP contribution in [-0.4, -0.2) is 38.9 Å². The lowest BCUT2D eigenvalue weighted by Crippen LogP contribution is -2.43. The third-order valence-corrected chi connectivity index (χ3v) is 4.58. The number of hydrogen-bond donors (Lipinski definition) is 2. The van der Waals surface area contributed by atoms with Crippen LogP contribution in [0.15, 0.2) is 16.9 Å². The molecule has 25 heavy (non-hydrogen) atoms. The number of aromatic nitrogens is 4. The van der Waals surface area contributed by atoms with Gasteiger partial charge in [0.25, 0.3) is 0 Å². The fourth-order valence-electron chi connectivity index (χ4n) is 3.29. The van der Waals surface area contributed by atoms with Gasteiger partial charge in [0.15, 0.2) is 5.82 Å². The van der Waals surface area contributed by atoms with Crippen LogP contribution in [0.3, 0.4) is 0 Å². The lowest BCUT2D eigenvalue weighted by Gasteiger charge is -2.28. The Bertz CT molecular complexity index is 692. The van der Waals surface area contributed by atoms with E-state index in [2.05, 4.69) is 25.9 Å². The first-order chi connectivity index (χ1) is 11.6. The second kappa shape index (κ2) is 8.44. The number of nitrogens with zero attached hydrogens (tertiary/aromatic N) is 4. The zero-order chi connectivity index (χ0) is 17.1. The predicted octanol–water partition coefficient (Wildman–Crippen LogP) is 1.64. The minimum atomic E-state index is -0.380. The van der Waals surface area contributed by atoms with Crippen LogP contribution in [0.25, 0.3) is 0 Å². The van der Waals surface area contributed by atoms with Crippen molar-refractivity contribution in [3.05, 3.63) is 29.7 Å². The van der Waals surface area contributed by atoms with Gasteiger partial charge in [0.2, 0.25) is 11.8 Å². The topological polar surface area (TPSA) is 97.9 Å². The molecule has 9 heteroatoms. The number of carbonyl (C=O) groups is 1. The van der Waals surface area contributed by atoms with Crippen molar-refractivity contribution in [2.45, 2.75) is 50.6 Å². The van der Waals surface area contributed by atoms with Gasteiger partial charge in [-0.1, -0.05) is 5.16 Å². The zero-order valence-electron chi connectivity index (χ0n) is 14.7. The van der Waals surface area contributed by atoms with Crippen molar-refractivity contribution in [3.8, 4) is 0 Å². The van der Waals surface area contributed by atoms with E-state index in [1.165, 1.54) is 0 Å². The summed E-state index contributed by atoms with van der Waals surface area (Å²) < 4.78 is 6.97. The molecule has 1 aliphatic carbocycles. The molecule has 1 atom stereocenters. The highest BCUT2D eigenvalue weighted by Gasteiger charge is 2.29. The van der Waals surface area contributed by atoms with Crippen LogP contribution in [0, 0.1) is 6.92 Å². The van der Waals surface area contributed by atoms with E-state index in [9.17, 15) is 4.79 Å². The molecule has 1 aliphatic rings. The van der Waals surface area contributed by atoms with E-state index in [1.807, 2.05) is 20.2 Å². The summed E-state index contributed by atoms with van der Waals surface area (Å²) in [7, 11) is 3.63. The highest BCUT2D eigenvalue weighted by Crippen LogP contribution is 2.32. The SMILES string of the molecule is CNC(C(=O)NC1CCC(c2nc(C)no2)CC1)c1cnn(C)c1.Cl. The van der Waals surface area contributed by atoms with Crippen LogP contribution < -0.4 is 10.6 Å². The Hall–Kier alpha value is -1.93. The van der Waals surface area contributed by atoms with E-state index >= 15 is 0 Å². The van der Waals surface area contributed by atoms with Gasteiger partial charge in [-0.3, -0.25) is 9.48 Å². The van der Waals surface area contributed by atoms with E-state index in [0.29, 0.717) is 11.7 Å². The fraction of sp³-hybridized carbons (Fsp3) is 0.625. The van der Waals surface area contributed by atoms with Crippen molar-refractivity contribution in [3.63, 3.8) is 0 Å². The lowest BCUT2D eigenvalue weighted by atomic mass is 9.86. The molecule has 138 valence electrons. The van der Waals surface area contributed by atoms with Gasteiger partial charge in [0.05, 0.1) is 6.20 Å². The van der Waals surface area contributed by atoms with Crippen LogP contribution in [0.5, 0.6) is 0 Å². The summed E-state index contributed by atoms with van der Waals surface area (Å²) in [6.07, 6.45) is 7.31. The number of nitrogens with one attached hydrogen (secondary N) is 2. The second-order valence-electron chi connectivity index (χ2n) is 6.41. The lowest BCUT2D eigenvalue weighted by molar-refractivity contribution is -0.124. The molecule has 2 aromatic heterocycles. The van der Waals surface area contributed by atoms with Gasteiger partial charge < -0.3 is 15.2 Å². The monoisotopic (exact) mass is 368 g/mol. The molecule has 1 amide bonds. The van der Waals surface area contributed by atoms with Crippen LogP contribution >= 0.6 is 12.4 Å². The van der Waals surface area contributed by atoms with Gasteiger partial charge in [0, 0.05) is 30.8 Å². The van der Waals surface area contributed by atoms with Gasteiger partial charge >= 0.3 is 0 Å². The van der Waals surface area contributed by atoms with Crippen molar-refractivity contribution in [1.29, 1.82) is 0 Å². The van der Waals surface area contributed by atoms with E-state index in [1.54, 1.807) is 17.9 Å². The zero-order valence-corrected chi connectivity index (χ0v) is 15.5. The maximum Gasteiger partial charge on any atom is 0.242 e.